The van der Waals surface area contributed by atoms with Gasteiger partial charge in [-0.1, -0.05) is 59.9 Å². The molecule has 0 spiro atoms. The van der Waals surface area contributed by atoms with Crippen LogP contribution in [0.3, 0.4) is 0 Å². The maximum Gasteiger partial charge on any atom is 0.285 e. The van der Waals surface area contributed by atoms with Crippen molar-refractivity contribution in [3.63, 3.8) is 0 Å². The zero-order valence-corrected chi connectivity index (χ0v) is 16.8. The molecule has 5 rings (SSSR count). The first-order chi connectivity index (χ1) is 14.6. The molecule has 1 amide bonds. The van der Waals surface area contributed by atoms with Gasteiger partial charge in [0.2, 0.25) is 0 Å². The van der Waals surface area contributed by atoms with E-state index in [1.54, 1.807) is 36.2 Å². The molecule has 0 unspecified atom stereocenters. The zero-order valence-electron chi connectivity index (χ0n) is 16.0. The second-order valence-electron chi connectivity index (χ2n) is 6.76. The van der Waals surface area contributed by atoms with Gasteiger partial charge in [0.25, 0.3) is 11.5 Å². The Morgan fingerprint density at radius 1 is 0.900 bits per heavy atom. The first-order valence-corrected chi connectivity index (χ1v) is 10.2. The lowest BCUT2D eigenvalue weighted by atomic mass is 10.1. The van der Waals surface area contributed by atoms with Crippen LogP contribution >= 0.6 is 11.3 Å². The van der Waals surface area contributed by atoms with Gasteiger partial charge in [0, 0.05) is 12.4 Å². The molecule has 7 heteroatoms. The summed E-state index contributed by atoms with van der Waals surface area (Å²) in [7, 11) is 1.55. The molecule has 30 heavy (non-hydrogen) atoms. The van der Waals surface area contributed by atoms with Crippen LogP contribution in [0.2, 0.25) is 0 Å². The van der Waals surface area contributed by atoms with E-state index in [0.29, 0.717) is 21.6 Å². The molecule has 0 aliphatic carbocycles. The molecule has 0 fully saturated rings. The van der Waals surface area contributed by atoms with Gasteiger partial charge in [-0.15, -0.1) is 0 Å². The van der Waals surface area contributed by atoms with E-state index >= 15 is 0 Å². The summed E-state index contributed by atoms with van der Waals surface area (Å²) in [5.41, 5.74) is 1.47. The third kappa shape index (κ3) is 2.96. The molecule has 0 aliphatic rings. The number of carbonyl (C=O) groups is 1. The van der Waals surface area contributed by atoms with Gasteiger partial charge in [-0.05, 0) is 30.3 Å². The van der Waals surface area contributed by atoms with Crippen LogP contribution in [-0.2, 0) is 7.05 Å². The van der Waals surface area contributed by atoms with Crippen molar-refractivity contribution >= 4 is 49.1 Å². The van der Waals surface area contributed by atoms with Gasteiger partial charge in [0.1, 0.15) is 0 Å². The second kappa shape index (κ2) is 7.20. The molecule has 0 saturated heterocycles. The highest BCUT2D eigenvalue weighted by molar-refractivity contribution is 7.22. The molecule has 3 aromatic carbocycles. The normalized spacial score (nSPS) is 11.1. The Balaban J connectivity index is 1.75. The molecule has 146 valence electrons. The number of thiazole rings is 1. The molecule has 2 aromatic heterocycles. The van der Waals surface area contributed by atoms with E-state index in [2.05, 4.69) is 10.1 Å². The topological polar surface area (TPSA) is 68.1 Å². The lowest BCUT2D eigenvalue weighted by molar-refractivity contribution is 0.0994. The monoisotopic (exact) mass is 412 g/mol. The van der Waals surface area contributed by atoms with Crippen LogP contribution in [0.15, 0.2) is 83.7 Å². The van der Waals surface area contributed by atoms with Gasteiger partial charge in [0.05, 0.1) is 21.3 Å². The van der Waals surface area contributed by atoms with Crippen molar-refractivity contribution in [3.8, 4) is 0 Å². The average molecular weight is 412 g/mol. The van der Waals surface area contributed by atoms with Crippen molar-refractivity contribution in [2.24, 2.45) is 7.05 Å². The molecule has 0 radical (unpaired) electrons. The Morgan fingerprint density at radius 3 is 2.33 bits per heavy atom. The molecule has 2 heterocycles. The quantitative estimate of drug-likeness (QED) is 0.437. The number of aromatic nitrogens is 3. The van der Waals surface area contributed by atoms with E-state index in [9.17, 15) is 9.59 Å². The number of rotatable bonds is 3. The summed E-state index contributed by atoms with van der Waals surface area (Å²) in [4.78, 5) is 32.6. The van der Waals surface area contributed by atoms with Crippen LogP contribution in [0.1, 0.15) is 10.5 Å². The van der Waals surface area contributed by atoms with Crippen molar-refractivity contribution in [2.75, 3.05) is 4.90 Å². The molecule has 0 N–H and O–H groups in total. The minimum Gasteiger partial charge on any atom is -0.267 e. The highest BCUT2D eigenvalue weighted by Gasteiger charge is 2.27. The predicted molar refractivity (Wildman–Crippen MR) is 120 cm³/mol. The second-order valence-corrected chi connectivity index (χ2v) is 7.77. The van der Waals surface area contributed by atoms with Crippen LogP contribution in [0.5, 0.6) is 0 Å². The number of para-hydroxylation sites is 2. The predicted octanol–water partition coefficient (Wildman–Crippen LogP) is 4.52. The van der Waals surface area contributed by atoms with E-state index < -0.39 is 0 Å². The van der Waals surface area contributed by atoms with Crippen LogP contribution in [0, 0.1) is 0 Å². The molecule has 6 nitrogen and oxygen atoms in total. The van der Waals surface area contributed by atoms with Crippen molar-refractivity contribution in [3.05, 3.63) is 94.9 Å². The standard InChI is InChI=1S/C23H16N4O2S/c1-26-21(28)17-12-6-5-11-16(17)20(25-26)22(29)27(15-9-3-2-4-10-15)23-24-18-13-7-8-14-19(18)30-23/h2-14H,1H3. The molecule has 0 atom stereocenters. The van der Waals surface area contributed by atoms with Crippen LogP contribution < -0.4 is 10.5 Å². The molecule has 0 bridgehead atoms. The lowest BCUT2D eigenvalue weighted by Gasteiger charge is -2.20. The van der Waals surface area contributed by atoms with Gasteiger partial charge >= 0.3 is 0 Å². The Morgan fingerprint density at radius 2 is 1.57 bits per heavy atom. The summed E-state index contributed by atoms with van der Waals surface area (Å²) in [5.74, 6) is -0.341. The van der Waals surface area contributed by atoms with E-state index in [1.165, 1.54) is 16.0 Å². The van der Waals surface area contributed by atoms with Crippen LogP contribution in [-0.4, -0.2) is 20.7 Å². The number of benzene rings is 3. The molecule has 0 saturated carbocycles. The lowest BCUT2D eigenvalue weighted by Crippen LogP contribution is -2.30. The Hall–Kier alpha value is -3.84. The first kappa shape index (κ1) is 18.2. The Labute approximate surface area is 175 Å². The van der Waals surface area contributed by atoms with Crippen LogP contribution in [0.25, 0.3) is 21.0 Å². The number of anilines is 2. The van der Waals surface area contributed by atoms with Crippen molar-refractivity contribution < 1.29 is 4.79 Å². The third-order valence-electron chi connectivity index (χ3n) is 4.85. The summed E-state index contributed by atoms with van der Waals surface area (Å²) in [6, 6.07) is 24.1. The minimum atomic E-state index is -0.341. The highest BCUT2D eigenvalue weighted by atomic mass is 32.1. The summed E-state index contributed by atoms with van der Waals surface area (Å²) in [6.45, 7) is 0. The number of fused-ring (bicyclic) bond motifs is 2. The van der Waals surface area contributed by atoms with Gasteiger partial charge in [-0.3, -0.25) is 14.5 Å². The summed E-state index contributed by atoms with van der Waals surface area (Å²) in [5, 5.41) is 5.84. The fraction of sp³-hybridized carbons (Fsp3) is 0.0435. The average Bonchev–Trinajstić information content (AvgIpc) is 3.20. The van der Waals surface area contributed by atoms with E-state index in [1.807, 2.05) is 54.6 Å². The molecule has 0 aliphatic heterocycles. The number of nitrogens with zero attached hydrogens (tertiary/aromatic N) is 4. The number of hydrogen-bond acceptors (Lipinski definition) is 5. The van der Waals surface area contributed by atoms with Crippen molar-refractivity contribution in [1.29, 1.82) is 0 Å². The van der Waals surface area contributed by atoms with Crippen molar-refractivity contribution in [2.45, 2.75) is 0 Å². The van der Waals surface area contributed by atoms with Gasteiger partial charge < -0.3 is 0 Å². The number of hydrogen-bond donors (Lipinski definition) is 0. The smallest absolute Gasteiger partial charge is 0.267 e. The maximum absolute atomic E-state index is 13.8. The SMILES string of the molecule is Cn1nc(C(=O)N(c2ccccc2)c2nc3ccccc3s2)c2ccccc2c1=O. The third-order valence-corrected chi connectivity index (χ3v) is 5.87. The number of amides is 1. The van der Waals surface area contributed by atoms with Gasteiger partial charge in [-0.2, -0.15) is 5.10 Å². The van der Waals surface area contributed by atoms with Gasteiger partial charge in [-0.25, -0.2) is 9.67 Å². The molecular weight excluding hydrogens is 396 g/mol. The Kier molecular flexibility index (Phi) is 4.37. The number of carbonyl (C=O) groups excluding carboxylic acids is 1. The van der Waals surface area contributed by atoms with E-state index in [0.717, 1.165) is 10.2 Å². The maximum atomic E-state index is 13.8. The van der Waals surface area contributed by atoms with Crippen molar-refractivity contribution in [1.82, 2.24) is 14.8 Å². The summed E-state index contributed by atoms with van der Waals surface area (Å²) >= 11 is 1.43. The molecular formula is C23H16N4O2S. The summed E-state index contributed by atoms with van der Waals surface area (Å²) < 4.78 is 2.19. The highest BCUT2D eigenvalue weighted by Crippen LogP contribution is 2.34. The van der Waals surface area contributed by atoms with Gasteiger partial charge in [0.15, 0.2) is 10.8 Å². The zero-order chi connectivity index (χ0) is 20.7. The first-order valence-electron chi connectivity index (χ1n) is 9.34. The largest absolute Gasteiger partial charge is 0.285 e. The minimum absolute atomic E-state index is 0.204. The van der Waals surface area contributed by atoms with E-state index in [-0.39, 0.29) is 17.2 Å². The number of aryl methyl sites for hydroxylation is 1. The molecule has 5 aromatic rings. The Bertz CT molecular complexity index is 1420. The fourth-order valence-electron chi connectivity index (χ4n) is 3.41. The summed E-state index contributed by atoms with van der Waals surface area (Å²) in [6.07, 6.45) is 0. The van der Waals surface area contributed by atoms with Crippen LogP contribution in [0.4, 0.5) is 10.8 Å². The fourth-order valence-corrected chi connectivity index (χ4v) is 4.40. The van der Waals surface area contributed by atoms with E-state index in [4.69, 9.17) is 0 Å².